The standard InChI is InChI=1S/C10H11N3O/c1-6-4-9(14)13(3)8-5-11-7(2)12-10(6)8/h4-5H,1-3H3. The van der Waals surface area contributed by atoms with Gasteiger partial charge >= 0.3 is 0 Å². The molecule has 2 heterocycles. The van der Waals surface area contributed by atoms with Gasteiger partial charge in [-0.3, -0.25) is 4.79 Å². The van der Waals surface area contributed by atoms with Crippen LogP contribution in [0, 0.1) is 13.8 Å². The Kier molecular flexibility index (Phi) is 1.84. The predicted molar refractivity (Wildman–Crippen MR) is 54.3 cm³/mol. The Labute approximate surface area is 81.2 Å². The van der Waals surface area contributed by atoms with E-state index in [1.165, 1.54) is 0 Å². The van der Waals surface area contributed by atoms with Crippen LogP contribution in [0.15, 0.2) is 17.1 Å². The van der Waals surface area contributed by atoms with Crippen LogP contribution in [0.3, 0.4) is 0 Å². The third-order valence-corrected chi connectivity index (χ3v) is 2.30. The molecule has 2 aromatic heterocycles. The average Bonchev–Trinajstić information content (AvgIpc) is 2.14. The number of aryl methyl sites for hydroxylation is 3. The Balaban J connectivity index is 3.02. The number of hydrogen-bond acceptors (Lipinski definition) is 3. The van der Waals surface area contributed by atoms with Gasteiger partial charge in [-0.2, -0.15) is 0 Å². The number of fused-ring (bicyclic) bond motifs is 1. The number of rotatable bonds is 0. The molecule has 14 heavy (non-hydrogen) atoms. The average molecular weight is 189 g/mol. The molecule has 72 valence electrons. The van der Waals surface area contributed by atoms with Gasteiger partial charge in [0, 0.05) is 13.1 Å². The molecule has 0 atom stereocenters. The molecule has 0 bridgehead atoms. The summed E-state index contributed by atoms with van der Waals surface area (Å²) in [6.45, 7) is 3.72. The summed E-state index contributed by atoms with van der Waals surface area (Å²) in [4.78, 5) is 19.8. The highest BCUT2D eigenvalue weighted by molar-refractivity contribution is 5.76. The maximum absolute atomic E-state index is 11.4. The second-order valence-corrected chi connectivity index (χ2v) is 3.38. The van der Waals surface area contributed by atoms with Gasteiger partial charge in [-0.25, -0.2) is 9.97 Å². The van der Waals surface area contributed by atoms with Crippen LogP contribution in [0.1, 0.15) is 11.4 Å². The van der Waals surface area contributed by atoms with Crippen molar-refractivity contribution in [2.75, 3.05) is 0 Å². The molecule has 0 amide bonds. The molecule has 0 aliphatic rings. The lowest BCUT2D eigenvalue weighted by molar-refractivity contribution is 0.889. The SMILES string of the molecule is Cc1ncc2c(n1)c(C)cc(=O)n2C. The molecule has 0 aliphatic heterocycles. The summed E-state index contributed by atoms with van der Waals surface area (Å²) in [6, 6.07) is 1.59. The fraction of sp³-hybridized carbons (Fsp3) is 0.300. The minimum Gasteiger partial charge on any atom is -0.309 e. The Morgan fingerprint density at radius 2 is 2.07 bits per heavy atom. The molecule has 0 radical (unpaired) electrons. The van der Waals surface area contributed by atoms with Crippen molar-refractivity contribution in [1.29, 1.82) is 0 Å². The number of nitrogens with zero attached hydrogens (tertiary/aromatic N) is 3. The first-order chi connectivity index (χ1) is 6.59. The van der Waals surface area contributed by atoms with E-state index in [0.717, 1.165) is 22.4 Å². The monoisotopic (exact) mass is 189 g/mol. The molecule has 4 heteroatoms. The summed E-state index contributed by atoms with van der Waals surface area (Å²) in [5, 5.41) is 0. The lowest BCUT2D eigenvalue weighted by Crippen LogP contribution is -2.17. The molecular formula is C10H11N3O. The van der Waals surface area contributed by atoms with Crippen LogP contribution in [0.25, 0.3) is 11.0 Å². The summed E-state index contributed by atoms with van der Waals surface area (Å²) in [5.41, 5.74) is 2.50. The van der Waals surface area contributed by atoms with Crippen LogP contribution in [0.5, 0.6) is 0 Å². The smallest absolute Gasteiger partial charge is 0.251 e. The fourth-order valence-corrected chi connectivity index (χ4v) is 1.47. The van der Waals surface area contributed by atoms with Crippen molar-refractivity contribution in [2.45, 2.75) is 13.8 Å². The van der Waals surface area contributed by atoms with Gasteiger partial charge in [-0.15, -0.1) is 0 Å². The van der Waals surface area contributed by atoms with Crippen molar-refractivity contribution in [1.82, 2.24) is 14.5 Å². The molecule has 0 aromatic carbocycles. The van der Waals surface area contributed by atoms with Crippen LogP contribution < -0.4 is 5.56 Å². The Morgan fingerprint density at radius 1 is 1.36 bits per heavy atom. The van der Waals surface area contributed by atoms with E-state index in [1.54, 1.807) is 23.9 Å². The third-order valence-electron chi connectivity index (χ3n) is 2.30. The van der Waals surface area contributed by atoms with Crippen LogP contribution in [-0.4, -0.2) is 14.5 Å². The second kappa shape index (κ2) is 2.90. The van der Waals surface area contributed by atoms with Gasteiger partial charge < -0.3 is 4.57 Å². The van der Waals surface area contributed by atoms with Crippen molar-refractivity contribution in [3.8, 4) is 0 Å². The summed E-state index contributed by atoms with van der Waals surface area (Å²) in [7, 11) is 1.72. The largest absolute Gasteiger partial charge is 0.309 e. The van der Waals surface area contributed by atoms with Gasteiger partial charge in [0.2, 0.25) is 0 Å². The topological polar surface area (TPSA) is 47.8 Å². The third kappa shape index (κ3) is 1.19. The van der Waals surface area contributed by atoms with E-state index in [9.17, 15) is 4.79 Å². The highest BCUT2D eigenvalue weighted by atomic mass is 16.1. The van der Waals surface area contributed by atoms with Crippen molar-refractivity contribution >= 4 is 11.0 Å². The molecule has 0 aliphatic carbocycles. The number of aromatic nitrogens is 3. The van der Waals surface area contributed by atoms with Crippen LogP contribution in [0.2, 0.25) is 0 Å². The quantitative estimate of drug-likeness (QED) is 0.619. The zero-order chi connectivity index (χ0) is 10.3. The molecule has 2 aromatic rings. The Bertz CT molecular complexity index is 557. The normalized spacial score (nSPS) is 10.8. The zero-order valence-corrected chi connectivity index (χ0v) is 8.40. The van der Waals surface area contributed by atoms with E-state index in [0.29, 0.717) is 0 Å². The van der Waals surface area contributed by atoms with Gasteiger partial charge in [0.15, 0.2) is 0 Å². The van der Waals surface area contributed by atoms with Crippen molar-refractivity contribution in [3.63, 3.8) is 0 Å². The first-order valence-corrected chi connectivity index (χ1v) is 4.39. The van der Waals surface area contributed by atoms with E-state index in [1.807, 2.05) is 13.8 Å². The molecule has 4 nitrogen and oxygen atoms in total. The molecule has 0 N–H and O–H groups in total. The summed E-state index contributed by atoms with van der Waals surface area (Å²) in [6.07, 6.45) is 1.69. The van der Waals surface area contributed by atoms with Crippen LogP contribution in [0.4, 0.5) is 0 Å². The van der Waals surface area contributed by atoms with Gasteiger partial charge in [0.1, 0.15) is 5.82 Å². The highest BCUT2D eigenvalue weighted by Gasteiger charge is 2.04. The van der Waals surface area contributed by atoms with E-state index < -0.39 is 0 Å². The van der Waals surface area contributed by atoms with Gasteiger partial charge in [0.25, 0.3) is 5.56 Å². The fourth-order valence-electron chi connectivity index (χ4n) is 1.47. The molecule has 0 fully saturated rings. The summed E-state index contributed by atoms with van der Waals surface area (Å²) < 4.78 is 1.56. The maximum Gasteiger partial charge on any atom is 0.251 e. The van der Waals surface area contributed by atoms with E-state index in [2.05, 4.69) is 9.97 Å². The minimum absolute atomic E-state index is 0.0255. The summed E-state index contributed by atoms with van der Waals surface area (Å²) >= 11 is 0. The molecule has 0 spiro atoms. The first kappa shape index (κ1) is 8.87. The van der Waals surface area contributed by atoms with Crippen LogP contribution in [-0.2, 0) is 7.05 Å². The number of pyridine rings is 1. The van der Waals surface area contributed by atoms with E-state index in [-0.39, 0.29) is 5.56 Å². The van der Waals surface area contributed by atoms with Crippen molar-refractivity contribution in [2.24, 2.45) is 7.05 Å². The van der Waals surface area contributed by atoms with Gasteiger partial charge in [-0.1, -0.05) is 0 Å². The van der Waals surface area contributed by atoms with E-state index >= 15 is 0 Å². The maximum atomic E-state index is 11.4. The highest BCUT2D eigenvalue weighted by Crippen LogP contribution is 2.11. The minimum atomic E-state index is -0.0255. The van der Waals surface area contributed by atoms with Gasteiger partial charge in [0.05, 0.1) is 17.2 Å². The molecule has 0 saturated heterocycles. The van der Waals surface area contributed by atoms with Crippen molar-refractivity contribution < 1.29 is 0 Å². The molecule has 0 saturated carbocycles. The first-order valence-electron chi connectivity index (χ1n) is 4.39. The van der Waals surface area contributed by atoms with Crippen molar-refractivity contribution in [3.05, 3.63) is 34.0 Å². The lowest BCUT2D eigenvalue weighted by atomic mass is 10.2. The predicted octanol–water partition coefficient (Wildman–Crippen LogP) is 0.945. The lowest BCUT2D eigenvalue weighted by Gasteiger charge is -2.05. The second-order valence-electron chi connectivity index (χ2n) is 3.38. The Hall–Kier alpha value is -1.71. The van der Waals surface area contributed by atoms with Gasteiger partial charge in [-0.05, 0) is 19.4 Å². The van der Waals surface area contributed by atoms with Crippen LogP contribution >= 0.6 is 0 Å². The Morgan fingerprint density at radius 3 is 2.79 bits per heavy atom. The molecular weight excluding hydrogens is 178 g/mol. The molecule has 2 rings (SSSR count). The number of hydrogen-bond donors (Lipinski definition) is 0. The van der Waals surface area contributed by atoms with E-state index in [4.69, 9.17) is 0 Å². The molecule has 0 unspecified atom stereocenters. The summed E-state index contributed by atoms with van der Waals surface area (Å²) in [5.74, 6) is 0.722. The zero-order valence-electron chi connectivity index (χ0n) is 8.40.